The Hall–Kier alpha value is -2.21. The molecule has 4 nitrogen and oxygen atoms in total. The van der Waals surface area contributed by atoms with Gasteiger partial charge in [-0.2, -0.15) is 0 Å². The number of carbonyl (C=O) groups is 1. The van der Waals surface area contributed by atoms with Gasteiger partial charge < -0.3 is 14.3 Å². The second-order valence-electron chi connectivity index (χ2n) is 18.5. The van der Waals surface area contributed by atoms with Gasteiger partial charge in [-0.25, -0.2) is 0 Å². The lowest BCUT2D eigenvalue weighted by atomic mass is 9.47. The smallest absolute Gasteiger partial charge is 0.309 e. The van der Waals surface area contributed by atoms with Crippen LogP contribution in [-0.2, 0) is 14.0 Å². The number of aliphatic hydroxyl groups excluding tert-OH is 1. The molecule has 0 saturated heterocycles. The van der Waals surface area contributed by atoms with Gasteiger partial charge in [-0.15, -0.1) is 0 Å². The van der Waals surface area contributed by atoms with E-state index in [1.54, 1.807) is 5.57 Å². The van der Waals surface area contributed by atoms with Crippen molar-refractivity contribution in [2.45, 2.75) is 143 Å². The fourth-order valence-corrected chi connectivity index (χ4v) is 17.0. The van der Waals surface area contributed by atoms with Crippen LogP contribution in [0.15, 0.2) is 72.3 Å². The fourth-order valence-electron chi connectivity index (χ4n) is 12.3. The van der Waals surface area contributed by atoms with E-state index in [4.69, 9.17) is 9.16 Å². The molecule has 0 aromatic heterocycles. The average Bonchev–Trinajstić information content (AvgIpc) is 3.47. The summed E-state index contributed by atoms with van der Waals surface area (Å²) >= 11 is 0. The summed E-state index contributed by atoms with van der Waals surface area (Å²) in [6, 6.07) is 22.3. The molecule has 51 heavy (non-hydrogen) atoms. The highest BCUT2D eigenvalue weighted by Gasteiger charge is 2.60. The van der Waals surface area contributed by atoms with Crippen LogP contribution in [0, 0.1) is 46.3 Å². The molecule has 0 unspecified atom stereocenters. The van der Waals surface area contributed by atoms with Gasteiger partial charge in [0, 0.05) is 6.10 Å². The van der Waals surface area contributed by atoms with Crippen LogP contribution in [-0.4, -0.2) is 38.2 Å². The molecule has 0 spiro atoms. The van der Waals surface area contributed by atoms with Gasteiger partial charge in [0.05, 0.1) is 18.6 Å². The molecule has 0 heterocycles. The lowest BCUT2D eigenvalue weighted by molar-refractivity contribution is -0.150. The first kappa shape index (κ1) is 38.5. The summed E-state index contributed by atoms with van der Waals surface area (Å²) in [5.74, 6) is 2.49. The number of fused-ring (bicyclic) bond motifs is 5. The highest BCUT2D eigenvalue weighted by atomic mass is 28.4. The van der Waals surface area contributed by atoms with Crippen LogP contribution in [0.4, 0.5) is 0 Å². The zero-order chi connectivity index (χ0) is 36.6. The summed E-state index contributed by atoms with van der Waals surface area (Å²) in [4.78, 5) is 12.7. The molecule has 280 valence electrons. The highest BCUT2D eigenvalue weighted by molar-refractivity contribution is 6.99. The maximum atomic E-state index is 12.7. The Kier molecular flexibility index (Phi) is 11.5. The average molecular weight is 713 g/mol. The first-order valence-corrected chi connectivity index (χ1v) is 22.5. The molecule has 2 aromatic rings. The lowest BCUT2D eigenvalue weighted by Gasteiger charge is -2.59. The summed E-state index contributed by atoms with van der Waals surface area (Å²) in [7, 11) is -2.61. The van der Waals surface area contributed by atoms with Crippen molar-refractivity contribution in [2.75, 3.05) is 6.61 Å². The van der Waals surface area contributed by atoms with Gasteiger partial charge in [0.25, 0.3) is 8.32 Å². The van der Waals surface area contributed by atoms with Gasteiger partial charge in [-0.3, -0.25) is 4.79 Å². The number of carbonyl (C=O) groups excluding carboxylic acids is 1. The molecule has 1 N–H and O–H groups in total. The monoisotopic (exact) mass is 712 g/mol. The number of ether oxygens (including phenoxy) is 1. The summed E-state index contributed by atoms with van der Waals surface area (Å²) < 4.78 is 13.1. The summed E-state index contributed by atoms with van der Waals surface area (Å²) in [6.45, 7) is 19.0. The molecule has 3 saturated carbocycles. The van der Waals surface area contributed by atoms with Gasteiger partial charge in [0.1, 0.15) is 0 Å². The third-order valence-corrected chi connectivity index (χ3v) is 20.0. The molecule has 5 heteroatoms. The molecule has 0 amide bonds. The quantitative estimate of drug-likeness (QED) is 0.135. The normalized spacial score (nSPS) is 32.5. The van der Waals surface area contributed by atoms with Crippen LogP contribution in [0.2, 0.25) is 5.04 Å². The zero-order valence-electron chi connectivity index (χ0n) is 33.1. The van der Waals surface area contributed by atoms with E-state index in [1.165, 1.54) is 48.9 Å². The minimum absolute atomic E-state index is 0.0181. The number of hydrogen-bond donors (Lipinski definition) is 1. The van der Waals surface area contributed by atoms with Crippen molar-refractivity contribution >= 4 is 24.7 Å². The third-order valence-electron chi connectivity index (χ3n) is 14.9. The molecular formula is C46H68O4Si. The number of benzene rings is 2. The van der Waals surface area contributed by atoms with E-state index >= 15 is 0 Å². The molecular weight excluding hydrogens is 645 g/mol. The van der Waals surface area contributed by atoms with Crippen LogP contribution in [0.1, 0.15) is 126 Å². The number of esters is 1. The largest absolute Gasteiger partial charge is 0.466 e. The Balaban J connectivity index is 1.20. The van der Waals surface area contributed by atoms with E-state index in [9.17, 15) is 9.90 Å². The molecule has 0 bridgehead atoms. The molecule has 6 rings (SSSR count). The highest BCUT2D eigenvalue weighted by Crippen LogP contribution is 2.67. The maximum absolute atomic E-state index is 12.7. The molecule has 3 fully saturated rings. The van der Waals surface area contributed by atoms with Crippen molar-refractivity contribution in [3.05, 3.63) is 72.3 Å². The summed E-state index contributed by atoms with van der Waals surface area (Å²) in [5, 5.41) is 14.3. The van der Waals surface area contributed by atoms with E-state index in [0.29, 0.717) is 30.8 Å². The Labute approximate surface area is 311 Å². The van der Waals surface area contributed by atoms with E-state index in [-0.39, 0.29) is 39.8 Å². The van der Waals surface area contributed by atoms with Gasteiger partial charge in [0.2, 0.25) is 0 Å². The molecule has 2 aromatic carbocycles. The zero-order valence-corrected chi connectivity index (χ0v) is 34.1. The van der Waals surface area contributed by atoms with Crippen molar-refractivity contribution in [3.63, 3.8) is 0 Å². The fraction of sp³-hybridized carbons (Fsp3) is 0.674. The topological polar surface area (TPSA) is 55.8 Å². The number of aliphatic hydroxyl groups is 1. The van der Waals surface area contributed by atoms with Crippen LogP contribution in [0.3, 0.4) is 0 Å². The van der Waals surface area contributed by atoms with Crippen molar-refractivity contribution in [2.24, 2.45) is 46.3 Å². The van der Waals surface area contributed by atoms with E-state index < -0.39 is 14.4 Å². The summed E-state index contributed by atoms with van der Waals surface area (Å²) in [5.41, 5.74) is 2.16. The number of allylic oxidation sites excluding steroid dienone is 1. The van der Waals surface area contributed by atoms with Gasteiger partial charge in [-0.05, 0) is 127 Å². The van der Waals surface area contributed by atoms with Crippen molar-refractivity contribution < 1.29 is 19.1 Å². The van der Waals surface area contributed by atoms with E-state index in [2.05, 4.69) is 115 Å². The second kappa shape index (κ2) is 15.3. The van der Waals surface area contributed by atoms with Crippen LogP contribution < -0.4 is 10.4 Å². The van der Waals surface area contributed by atoms with E-state index in [1.807, 2.05) is 6.92 Å². The van der Waals surface area contributed by atoms with E-state index in [0.717, 1.165) is 31.6 Å². The third kappa shape index (κ3) is 6.98. The van der Waals surface area contributed by atoms with Crippen LogP contribution in [0.5, 0.6) is 0 Å². The standard InChI is InChI=1S/C46H68O4Si/c1-9-17-33(43(48)49-10-2)30-42(47)32(3)39-24-25-40-38-23-22-34-31-35(26-28-45(34,7)41(38)27-29-46(39,40)8)50-51(44(4,5)6,36-18-13-11-14-19-36)37-20-15-12-16-21-37/h11-16,18-22,32-33,35,38-42,47H,9-10,17,23-31H2,1-8H3/t32-,33+,35-,38-,39+,40-,41-,42+,45-,46+/m0/s1. The SMILES string of the molecule is CCC[C@H](C[C@@H](O)[C@@H](C)[C@H]1CC[C@H]2[C@@H]3CC=C4C[C@@H](O[Si](c5ccccc5)(c5ccccc5)C(C)(C)C)CC[C@]4(C)[C@H]3CC[C@]12C)C(=O)OCC. The van der Waals surface area contributed by atoms with Gasteiger partial charge >= 0.3 is 5.97 Å². The predicted molar refractivity (Wildman–Crippen MR) is 213 cm³/mol. The van der Waals surface area contributed by atoms with Gasteiger partial charge in [-0.1, -0.05) is 127 Å². The minimum Gasteiger partial charge on any atom is -0.466 e. The Morgan fingerprint density at radius 1 is 0.922 bits per heavy atom. The summed E-state index contributed by atoms with van der Waals surface area (Å²) in [6.07, 6.45) is 14.2. The van der Waals surface area contributed by atoms with Crippen LogP contribution >= 0.6 is 0 Å². The van der Waals surface area contributed by atoms with Crippen molar-refractivity contribution in [1.29, 1.82) is 0 Å². The first-order chi connectivity index (χ1) is 24.3. The Morgan fingerprint density at radius 3 is 2.16 bits per heavy atom. The molecule has 0 aliphatic heterocycles. The van der Waals surface area contributed by atoms with Crippen molar-refractivity contribution in [3.8, 4) is 0 Å². The second-order valence-corrected chi connectivity index (χ2v) is 22.8. The predicted octanol–water partition coefficient (Wildman–Crippen LogP) is 9.88. The molecule has 4 aliphatic carbocycles. The molecule has 4 aliphatic rings. The lowest BCUT2D eigenvalue weighted by Crippen LogP contribution is -2.68. The van der Waals surface area contributed by atoms with Crippen LogP contribution in [0.25, 0.3) is 0 Å². The van der Waals surface area contributed by atoms with Crippen molar-refractivity contribution in [1.82, 2.24) is 0 Å². The van der Waals surface area contributed by atoms with Gasteiger partial charge in [0.15, 0.2) is 0 Å². The number of hydrogen-bond acceptors (Lipinski definition) is 4. The number of rotatable bonds is 12. The molecule has 10 atom stereocenters. The maximum Gasteiger partial charge on any atom is 0.309 e. The Bertz CT molecular complexity index is 1460. The first-order valence-electron chi connectivity index (χ1n) is 20.6. The molecule has 0 radical (unpaired) electrons. The Morgan fingerprint density at radius 2 is 1.57 bits per heavy atom. The minimum atomic E-state index is -2.61.